The molecule has 1 saturated heterocycles. The summed E-state index contributed by atoms with van der Waals surface area (Å²) < 4.78 is 35.0. The van der Waals surface area contributed by atoms with Gasteiger partial charge in [0.25, 0.3) is 0 Å². The molecule has 3 heterocycles. The van der Waals surface area contributed by atoms with Gasteiger partial charge in [-0.15, -0.1) is 0 Å². The van der Waals surface area contributed by atoms with Gasteiger partial charge in [0.2, 0.25) is 0 Å². The van der Waals surface area contributed by atoms with E-state index >= 15 is 0 Å². The molecule has 0 saturated carbocycles. The Labute approximate surface area is 207 Å². The van der Waals surface area contributed by atoms with E-state index < -0.39 is 23.5 Å². The Balaban J connectivity index is 1.65. The second kappa shape index (κ2) is 11.0. The summed E-state index contributed by atoms with van der Waals surface area (Å²) in [5, 5.41) is 10.1. The van der Waals surface area contributed by atoms with E-state index in [-0.39, 0.29) is 35.1 Å². The second-order valence-electron chi connectivity index (χ2n) is 8.91. The van der Waals surface area contributed by atoms with E-state index in [9.17, 15) is 18.7 Å². The highest BCUT2D eigenvalue weighted by Crippen LogP contribution is 2.31. The van der Waals surface area contributed by atoms with Crippen molar-refractivity contribution < 1.29 is 23.4 Å². The molecule has 5 N–H and O–H groups in total. The van der Waals surface area contributed by atoms with Crippen LogP contribution in [0.25, 0.3) is 11.3 Å². The van der Waals surface area contributed by atoms with Crippen molar-refractivity contribution in [2.24, 2.45) is 5.73 Å². The summed E-state index contributed by atoms with van der Waals surface area (Å²) >= 11 is 0. The van der Waals surface area contributed by atoms with Gasteiger partial charge in [-0.25, -0.2) is 13.8 Å². The minimum absolute atomic E-state index is 0.130. The van der Waals surface area contributed by atoms with Crippen LogP contribution >= 0.6 is 0 Å². The lowest BCUT2D eigenvalue weighted by Gasteiger charge is -2.36. The molecule has 0 amide bonds. The third-order valence-corrected chi connectivity index (χ3v) is 5.97. The Hall–Kier alpha value is -3.63. The van der Waals surface area contributed by atoms with Gasteiger partial charge in [0.1, 0.15) is 23.0 Å². The van der Waals surface area contributed by atoms with Gasteiger partial charge in [0, 0.05) is 60.8 Å². The molecule has 8 nitrogen and oxygen atoms in total. The van der Waals surface area contributed by atoms with Crippen LogP contribution in [0.15, 0.2) is 42.7 Å². The number of carbonyl (C=O) groups is 1. The quantitative estimate of drug-likeness (QED) is 0.405. The molecule has 2 atom stereocenters. The van der Waals surface area contributed by atoms with E-state index in [1.54, 1.807) is 18.5 Å². The van der Waals surface area contributed by atoms with Crippen LogP contribution in [-0.4, -0.2) is 52.7 Å². The van der Waals surface area contributed by atoms with Gasteiger partial charge < -0.3 is 26.2 Å². The number of Topliss-reactive ketones (excluding diaryl/α,β-unsaturated/α-hetero) is 1. The van der Waals surface area contributed by atoms with Gasteiger partial charge in [0.15, 0.2) is 11.6 Å². The maximum Gasteiger partial charge on any atom is 0.187 e. The smallest absolute Gasteiger partial charge is 0.187 e. The van der Waals surface area contributed by atoms with Crippen LogP contribution in [0.2, 0.25) is 0 Å². The first kappa shape index (κ1) is 25.5. The Morgan fingerprint density at radius 1 is 1.22 bits per heavy atom. The Morgan fingerprint density at radius 3 is 2.78 bits per heavy atom. The van der Waals surface area contributed by atoms with Crippen molar-refractivity contribution in [1.82, 2.24) is 9.97 Å². The average Bonchev–Trinajstić information content (AvgIpc) is 2.83. The van der Waals surface area contributed by atoms with Gasteiger partial charge in [-0.05, 0) is 37.1 Å². The van der Waals surface area contributed by atoms with Crippen molar-refractivity contribution in [3.63, 3.8) is 0 Å². The number of nitrogens with two attached hydrogens (primary N) is 2. The number of nitrogens with zero attached hydrogens (tertiary/aromatic N) is 3. The van der Waals surface area contributed by atoms with Crippen LogP contribution in [0.3, 0.4) is 0 Å². The molecule has 2 aromatic heterocycles. The molecular formula is C26H29F2N5O3. The van der Waals surface area contributed by atoms with Gasteiger partial charge in [-0.1, -0.05) is 6.92 Å². The highest BCUT2D eigenvalue weighted by atomic mass is 19.1. The maximum atomic E-state index is 14.8. The number of aliphatic hydroxyl groups is 1. The first-order chi connectivity index (χ1) is 17.3. The minimum Gasteiger partial charge on any atom is -0.494 e. The molecular weight excluding hydrogens is 468 g/mol. The molecule has 0 aliphatic carbocycles. The molecule has 4 rings (SSSR count). The van der Waals surface area contributed by atoms with Gasteiger partial charge >= 0.3 is 0 Å². The number of aliphatic hydroxyl groups excluding tert-OH is 1. The normalized spacial score (nSPS) is 17.8. The SMILES string of the molecule is CCCOc1ccc(F)c(-c2nc(C(=O)Cc3cnccc3N3C[C@@H](N)C[C@@H](O)C3)c(N)cc2F)c1. The van der Waals surface area contributed by atoms with Crippen molar-refractivity contribution in [2.45, 2.75) is 38.3 Å². The number of hydrogen-bond donors (Lipinski definition) is 3. The molecule has 0 spiro atoms. The summed E-state index contributed by atoms with van der Waals surface area (Å²) in [5.41, 5.74) is 12.5. The number of piperidine rings is 1. The van der Waals surface area contributed by atoms with E-state index in [0.717, 1.165) is 12.5 Å². The van der Waals surface area contributed by atoms with Crippen LogP contribution in [0.1, 0.15) is 35.8 Å². The number of benzene rings is 1. The van der Waals surface area contributed by atoms with Crippen molar-refractivity contribution in [3.05, 3.63) is 65.6 Å². The number of pyridine rings is 2. The van der Waals surface area contributed by atoms with E-state index in [1.807, 2.05) is 11.8 Å². The Kier molecular flexibility index (Phi) is 7.76. The fourth-order valence-electron chi connectivity index (χ4n) is 4.34. The predicted octanol–water partition coefficient (Wildman–Crippen LogP) is 3.12. The van der Waals surface area contributed by atoms with E-state index in [1.165, 1.54) is 18.2 Å². The van der Waals surface area contributed by atoms with Gasteiger partial charge in [-0.3, -0.25) is 9.78 Å². The number of halogens is 2. The summed E-state index contributed by atoms with van der Waals surface area (Å²) in [6.07, 6.45) is 3.67. The van der Waals surface area contributed by atoms with Crippen LogP contribution in [0.4, 0.5) is 20.2 Å². The molecule has 1 fully saturated rings. The fraction of sp³-hybridized carbons (Fsp3) is 0.346. The third-order valence-electron chi connectivity index (χ3n) is 5.97. The first-order valence-electron chi connectivity index (χ1n) is 11.8. The van der Waals surface area contributed by atoms with Crippen LogP contribution < -0.4 is 21.1 Å². The maximum absolute atomic E-state index is 14.8. The van der Waals surface area contributed by atoms with Crippen molar-refractivity contribution >= 4 is 17.2 Å². The molecule has 0 radical (unpaired) electrons. The number of rotatable bonds is 8. The number of carbonyl (C=O) groups excluding carboxylic acids is 1. The standard InChI is InChI=1S/C26H29F2N5O3/c1-2-7-36-18-3-4-20(27)19(10-18)25-21(28)11-22(30)26(32-25)24(35)8-15-12-31-6-5-23(15)33-13-16(29)9-17(34)14-33/h3-6,10-12,16-17,34H,2,7-9,13-14,29-30H2,1H3/t16-,17+/m0/s1. The van der Waals surface area contributed by atoms with E-state index in [2.05, 4.69) is 9.97 Å². The number of ketones is 1. The molecule has 36 heavy (non-hydrogen) atoms. The summed E-state index contributed by atoms with van der Waals surface area (Å²) in [4.78, 5) is 23.5. The molecule has 190 valence electrons. The average molecular weight is 498 g/mol. The molecule has 3 aromatic rings. The Bertz CT molecular complexity index is 1250. The van der Waals surface area contributed by atoms with Gasteiger partial charge in [0.05, 0.1) is 18.4 Å². The van der Waals surface area contributed by atoms with Crippen molar-refractivity contribution in [3.8, 4) is 17.0 Å². The number of hydrogen-bond acceptors (Lipinski definition) is 8. The number of anilines is 2. The predicted molar refractivity (Wildman–Crippen MR) is 133 cm³/mol. The third kappa shape index (κ3) is 5.60. The topological polar surface area (TPSA) is 128 Å². The molecule has 0 unspecified atom stereocenters. The van der Waals surface area contributed by atoms with Crippen LogP contribution in [-0.2, 0) is 6.42 Å². The number of ether oxygens (including phenoxy) is 1. The fourth-order valence-corrected chi connectivity index (χ4v) is 4.34. The lowest BCUT2D eigenvalue weighted by atomic mass is 10.00. The van der Waals surface area contributed by atoms with Crippen molar-refractivity contribution in [1.29, 1.82) is 0 Å². The number of β-amino-alcohol motifs (C(OH)–C–C–N with tert-alkyl or cyclic N) is 1. The van der Waals surface area contributed by atoms with E-state index in [4.69, 9.17) is 16.2 Å². The number of aromatic nitrogens is 2. The van der Waals surface area contributed by atoms with Crippen LogP contribution in [0.5, 0.6) is 5.75 Å². The first-order valence-corrected chi connectivity index (χ1v) is 11.8. The summed E-state index contributed by atoms with van der Waals surface area (Å²) in [6, 6.07) is 6.47. The number of nitrogen functional groups attached to an aromatic ring is 1. The zero-order valence-electron chi connectivity index (χ0n) is 20.0. The second-order valence-corrected chi connectivity index (χ2v) is 8.91. The largest absolute Gasteiger partial charge is 0.494 e. The zero-order chi connectivity index (χ0) is 25.8. The molecule has 0 bridgehead atoms. The highest BCUT2D eigenvalue weighted by molar-refractivity contribution is 6.01. The van der Waals surface area contributed by atoms with Gasteiger partial charge in [-0.2, -0.15) is 0 Å². The zero-order valence-corrected chi connectivity index (χ0v) is 20.0. The summed E-state index contributed by atoms with van der Waals surface area (Å²) in [7, 11) is 0. The molecule has 1 aliphatic rings. The molecule has 1 aromatic carbocycles. The minimum atomic E-state index is -0.853. The van der Waals surface area contributed by atoms with E-state index in [0.29, 0.717) is 43.1 Å². The summed E-state index contributed by atoms with van der Waals surface area (Å²) in [5.74, 6) is -1.68. The summed E-state index contributed by atoms with van der Waals surface area (Å²) in [6.45, 7) is 3.23. The monoisotopic (exact) mass is 497 g/mol. The lowest BCUT2D eigenvalue weighted by Crippen LogP contribution is -2.49. The lowest BCUT2D eigenvalue weighted by molar-refractivity contribution is 0.0989. The molecule has 1 aliphatic heterocycles. The highest BCUT2D eigenvalue weighted by Gasteiger charge is 2.26. The molecule has 10 heteroatoms. The van der Waals surface area contributed by atoms with Crippen molar-refractivity contribution in [2.75, 3.05) is 30.3 Å². The Morgan fingerprint density at radius 2 is 2.03 bits per heavy atom. The van der Waals surface area contributed by atoms with Crippen LogP contribution in [0, 0.1) is 11.6 Å².